The monoisotopic (exact) mass is 489 g/mol. The highest BCUT2D eigenvalue weighted by atomic mass is 79.9. The normalized spacial score (nSPS) is 18.1. The molecule has 1 amide bonds. The molecule has 1 aromatic carbocycles. The number of rotatable bonds is 4. The summed E-state index contributed by atoms with van der Waals surface area (Å²) in [6, 6.07) is 7.42. The first kappa shape index (κ1) is 20.8. The highest BCUT2D eigenvalue weighted by molar-refractivity contribution is 9.10. The number of para-hydroxylation sites is 1. The molecule has 2 aromatic rings. The van der Waals surface area contributed by atoms with Crippen molar-refractivity contribution >= 4 is 37.2 Å². The van der Waals surface area contributed by atoms with Crippen molar-refractivity contribution in [1.29, 1.82) is 0 Å². The highest BCUT2D eigenvalue weighted by Gasteiger charge is 2.37. The summed E-state index contributed by atoms with van der Waals surface area (Å²) < 4.78 is 33.6. The summed E-state index contributed by atoms with van der Waals surface area (Å²) in [6.07, 6.45) is 2.79. The van der Waals surface area contributed by atoms with Crippen molar-refractivity contribution in [1.82, 2.24) is 14.7 Å². The maximum Gasteiger partial charge on any atom is 0.274 e. The minimum absolute atomic E-state index is 0.0866. The maximum absolute atomic E-state index is 13.3. The number of nitrogens with zero attached hydrogens (tertiary/aromatic N) is 3. The van der Waals surface area contributed by atoms with Crippen LogP contribution in [0, 0.1) is 0 Å². The van der Waals surface area contributed by atoms with Crippen LogP contribution >= 0.6 is 15.9 Å². The van der Waals surface area contributed by atoms with Crippen LogP contribution in [0.15, 0.2) is 59.0 Å². The van der Waals surface area contributed by atoms with Crippen molar-refractivity contribution in [3.8, 4) is 5.69 Å². The Bertz CT molecular complexity index is 1190. The summed E-state index contributed by atoms with van der Waals surface area (Å²) in [4.78, 5) is 15.0. The maximum atomic E-state index is 13.3. The number of allylic oxidation sites excluding steroid dienone is 3. The summed E-state index contributed by atoms with van der Waals surface area (Å²) in [5, 5.41) is 4.60. The standard InChI is InChI=1S/C21H20BrN3O4S/c1-3-14-18(4-2)30(27,28)13-15-19(21(26)24-9-11-29-12-10-24)23-25(20(14)15)17-8-6-5-7-16(17)22/h3-8H,1-2,9-13H2. The Hall–Kier alpha value is -2.49. The van der Waals surface area contributed by atoms with E-state index in [4.69, 9.17) is 4.74 Å². The SMILES string of the molecule is C=CC1=C(C=C)S(=O)(=O)Cc2c(C(=O)N3CCOCC3)nn(-c3ccccc3Br)c21. The second kappa shape index (κ2) is 7.98. The number of benzene rings is 1. The molecule has 0 bridgehead atoms. The molecule has 2 aliphatic heterocycles. The van der Waals surface area contributed by atoms with Gasteiger partial charge in [-0.05, 0) is 28.1 Å². The van der Waals surface area contributed by atoms with Gasteiger partial charge in [0.25, 0.3) is 5.91 Å². The molecule has 2 aliphatic rings. The van der Waals surface area contributed by atoms with Crippen LogP contribution in [0.2, 0.25) is 0 Å². The Morgan fingerprint density at radius 3 is 2.50 bits per heavy atom. The predicted molar refractivity (Wildman–Crippen MR) is 118 cm³/mol. The molecule has 7 nitrogen and oxygen atoms in total. The van der Waals surface area contributed by atoms with Crippen LogP contribution in [-0.2, 0) is 20.3 Å². The van der Waals surface area contributed by atoms with Gasteiger partial charge in [-0.1, -0.05) is 37.4 Å². The largest absolute Gasteiger partial charge is 0.378 e. The van der Waals surface area contributed by atoms with Crippen molar-refractivity contribution in [3.05, 3.63) is 75.9 Å². The minimum Gasteiger partial charge on any atom is -0.378 e. The van der Waals surface area contributed by atoms with Crippen LogP contribution in [-0.4, -0.2) is 55.3 Å². The van der Waals surface area contributed by atoms with E-state index in [0.29, 0.717) is 48.8 Å². The Labute approximate surface area is 183 Å². The third-order valence-electron chi connectivity index (χ3n) is 5.14. The molecule has 9 heteroatoms. The number of morpholine rings is 1. The van der Waals surface area contributed by atoms with E-state index in [2.05, 4.69) is 34.2 Å². The Balaban J connectivity index is 2.01. The number of carbonyl (C=O) groups excluding carboxylic acids is 1. The predicted octanol–water partition coefficient (Wildman–Crippen LogP) is 3.12. The lowest BCUT2D eigenvalue weighted by Crippen LogP contribution is -2.41. The molecule has 30 heavy (non-hydrogen) atoms. The molecule has 1 fully saturated rings. The summed E-state index contributed by atoms with van der Waals surface area (Å²) >= 11 is 3.53. The molecule has 1 saturated heterocycles. The molecule has 1 aromatic heterocycles. The number of amides is 1. The summed E-state index contributed by atoms with van der Waals surface area (Å²) in [6.45, 7) is 9.24. The lowest BCUT2D eigenvalue weighted by molar-refractivity contribution is 0.0298. The van der Waals surface area contributed by atoms with Crippen LogP contribution < -0.4 is 0 Å². The van der Waals surface area contributed by atoms with Crippen molar-refractivity contribution in [2.24, 2.45) is 0 Å². The fraction of sp³-hybridized carbons (Fsp3) is 0.238. The third-order valence-corrected chi connectivity index (χ3v) is 7.54. The molecule has 0 aliphatic carbocycles. The topological polar surface area (TPSA) is 81.5 Å². The molecular weight excluding hydrogens is 470 g/mol. The van der Waals surface area contributed by atoms with E-state index in [-0.39, 0.29) is 22.3 Å². The number of hydrogen-bond donors (Lipinski definition) is 0. The zero-order valence-corrected chi connectivity index (χ0v) is 18.6. The average molecular weight is 490 g/mol. The molecular formula is C21H20BrN3O4S. The molecule has 4 rings (SSSR count). The minimum atomic E-state index is -3.68. The third kappa shape index (κ3) is 3.36. The van der Waals surface area contributed by atoms with Gasteiger partial charge in [0.15, 0.2) is 15.5 Å². The molecule has 0 radical (unpaired) electrons. The van der Waals surface area contributed by atoms with Crippen LogP contribution in [0.1, 0.15) is 21.7 Å². The van der Waals surface area contributed by atoms with Gasteiger partial charge in [0.05, 0.1) is 35.3 Å². The van der Waals surface area contributed by atoms with Gasteiger partial charge in [-0.25, -0.2) is 13.1 Å². The van der Waals surface area contributed by atoms with Crippen molar-refractivity contribution in [2.75, 3.05) is 26.3 Å². The van der Waals surface area contributed by atoms with Gasteiger partial charge in [-0.3, -0.25) is 4.79 Å². The average Bonchev–Trinajstić information content (AvgIpc) is 3.10. The first-order valence-electron chi connectivity index (χ1n) is 9.35. The van der Waals surface area contributed by atoms with E-state index < -0.39 is 9.84 Å². The lowest BCUT2D eigenvalue weighted by atomic mass is 10.0. The van der Waals surface area contributed by atoms with Crippen LogP contribution in [0.3, 0.4) is 0 Å². The Morgan fingerprint density at radius 2 is 1.87 bits per heavy atom. The van der Waals surface area contributed by atoms with E-state index in [1.807, 2.05) is 24.3 Å². The quantitative estimate of drug-likeness (QED) is 0.658. The van der Waals surface area contributed by atoms with Gasteiger partial charge in [-0.2, -0.15) is 5.10 Å². The van der Waals surface area contributed by atoms with Crippen LogP contribution in [0.25, 0.3) is 11.3 Å². The lowest BCUT2D eigenvalue weighted by Gasteiger charge is -2.26. The molecule has 0 spiro atoms. The van der Waals surface area contributed by atoms with Crippen LogP contribution in [0.4, 0.5) is 0 Å². The van der Waals surface area contributed by atoms with Crippen LogP contribution in [0.5, 0.6) is 0 Å². The number of fused-ring (bicyclic) bond motifs is 1. The molecule has 0 atom stereocenters. The van der Waals surface area contributed by atoms with E-state index in [9.17, 15) is 13.2 Å². The van der Waals surface area contributed by atoms with E-state index in [1.165, 1.54) is 12.2 Å². The van der Waals surface area contributed by atoms with Gasteiger partial charge in [-0.15, -0.1) is 0 Å². The van der Waals surface area contributed by atoms with Gasteiger partial charge < -0.3 is 9.64 Å². The van der Waals surface area contributed by atoms with Gasteiger partial charge in [0.2, 0.25) is 0 Å². The molecule has 0 saturated carbocycles. The van der Waals surface area contributed by atoms with Gasteiger partial charge >= 0.3 is 0 Å². The van der Waals surface area contributed by atoms with Crippen molar-refractivity contribution in [2.45, 2.75) is 5.75 Å². The fourth-order valence-electron chi connectivity index (χ4n) is 3.74. The van der Waals surface area contributed by atoms with Crippen molar-refractivity contribution in [3.63, 3.8) is 0 Å². The Morgan fingerprint density at radius 1 is 1.17 bits per heavy atom. The first-order valence-corrected chi connectivity index (χ1v) is 11.8. The van der Waals surface area contributed by atoms with Gasteiger partial charge in [0, 0.05) is 28.7 Å². The summed E-state index contributed by atoms with van der Waals surface area (Å²) in [7, 11) is -3.68. The molecule has 156 valence electrons. The number of ether oxygens (including phenoxy) is 1. The first-order chi connectivity index (χ1) is 14.4. The molecule has 0 N–H and O–H groups in total. The summed E-state index contributed by atoms with van der Waals surface area (Å²) in [5.41, 5.74) is 2.13. The smallest absolute Gasteiger partial charge is 0.274 e. The zero-order valence-electron chi connectivity index (χ0n) is 16.2. The zero-order chi connectivity index (χ0) is 21.5. The summed E-state index contributed by atoms with van der Waals surface area (Å²) in [5.74, 6) is -0.627. The number of aromatic nitrogens is 2. The van der Waals surface area contributed by atoms with E-state index in [0.717, 1.165) is 4.47 Å². The number of hydrogen-bond acceptors (Lipinski definition) is 5. The van der Waals surface area contributed by atoms with Gasteiger partial charge in [0.1, 0.15) is 0 Å². The fourth-order valence-corrected chi connectivity index (χ4v) is 5.77. The second-order valence-corrected chi connectivity index (χ2v) is 9.70. The van der Waals surface area contributed by atoms with Crippen molar-refractivity contribution < 1.29 is 17.9 Å². The van der Waals surface area contributed by atoms with E-state index >= 15 is 0 Å². The molecule has 0 unspecified atom stereocenters. The highest BCUT2D eigenvalue weighted by Crippen LogP contribution is 2.39. The number of halogens is 1. The molecule has 3 heterocycles. The van der Waals surface area contributed by atoms with E-state index in [1.54, 1.807) is 9.58 Å². The Kier molecular flexibility index (Phi) is 5.52. The number of sulfone groups is 1. The number of carbonyl (C=O) groups is 1. The second-order valence-electron chi connectivity index (χ2n) is 6.89.